The Morgan fingerprint density at radius 2 is 2.25 bits per heavy atom. The van der Waals surface area contributed by atoms with Crippen molar-refractivity contribution in [3.63, 3.8) is 0 Å². The van der Waals surface area contributed by atoms with Crippen molar-refractivity contribution in [3.05, 3.63) is 35.0 Å². The number of para-hydroxylation sites is 1. The van der Waals surface area contributed by atoms with Crippen LogP contribution in [0, 0.1) is 0 Å². The Morgan fingerprint density at radius 3 is 2.94 bits per heavy atom. The lowest BCUT2D eigenvalue weighted by atomic mass is 10.1. The minimum absolute atomic E-state index is 0.0299. The summed E-state index contributed by atoms with van der Waals surface area (Å²) < 4.78 is 5.44. The molecule has 16 heavy (non-hydrogen) atoms. The summed E-state index contributed by atoms with van der Waals surface area (Å²) in [5, 5.41) is 1.37. The standard InChI is InChI=1S/C12H12ClNO2/c13-9-4-1-3-8-7-11(16-12(8)9)10(15)5-2-6-14/h1,3-4,7H,2,5-6,14H2. The number of hydrogen-bond donors (Lipinski definition) is 1. The molecule has 2 aromatic rings. The van der Waals surface area contributed by atoms with Crippen molar-refractivity contribution >= 4 is 28.4 Å². The summed E-state index contributed by atoms with van der Waals surface area (Å²) in [7, 11) is 0. The number of carbonyl (C=O) groups excluding carboxylic acids is 1. The highest BCUT2D eigenvalue weighted by Crippen LogP contribution is 2.27. The lowest BCUT2D eigenvalue weighted by Gasteiger charge is -1.94. The summed E-state index contributed by atoms with van der Waals surface area (Å²) in [6.07, 6.45) is 1.08. The number of ketones is 1. The van der Waals surface area contributed by atoms with Gasteiger partial charge >= 0.3 is 0 Å². The minimum atomic E-state index is -0.0299. The van der Waals surface area contributed by atoms with Gasteiger partial charge in [-0.05, 0) is 25.1 Å². The Balaban J connectivity index is 2.32. The van der Waals surface area contributed by atoms with Gasteiger partial charge in [0.25, 0.3) is 0 Å². The van der Waals surface area contributed by atoms with Gasteiger partial charge in [-0.25, -0.2) is 0 Å². The zero-order valence-corrected chi connectivity index (χ0v) is 9.46. The summed E-state index contributed by atoms with van der Waals surface area (Å²) in [4.78, 5) is 11.7. The molecule has 4 heteroatoms. The lowest BCUT2D eigenvalue weighted by Crippen LogP contribution is -2.03. The monoisotopic (exact) mass is 237 g/mol. The van der Waals surface area contributed by atoms with Crippen LogP contribution < -0.4 is 5.73 Å². The number of furan rings is 1. The smallest absolute Gasteiger partial charge is 0.198 e. The quantitative estimate of drug-likeness (QED) is 0.832. The highest BCUT2D eigenvalue weighted by Gasteiger charge is 2.12. The fourth-order valence-electron chi connectivity index (χ4n) is 1.55. The van der Waals surface area contributed by atoms with Gasteiger partial charge in [-0.2, -0.15) is 0 Å². The van der Waals surface area contributed by atoms with Crippen LogP contribution >= 0.6 is 11.6 Å². The molecule has 0 fully saturated rings. The first-order valence-electron chi connectivity index (χ1n) is 5.13. The fourth-order valence-corrected chi connectivity index (χ4v) is 1.77. The van der Waals surface area contributed by atoms with Crippen LogP contribution in [0.1, 0.15) is 23.4 Å². The van der Waals surface area contributed by atoms with E-state index in [1.807, 2.05) is 12.1 Å². The summed E-state index contributed by atoms with van der Waals surface area (Å²) in [6, 6.07) is 7.15. The first-order valence-corrected chi connectivity index (χ1v) is 5.51. The van der Waals surface area contributed by atoms with Gasteiger partial charge in [-0.3, -0.25) is 4.79 Å². The topological polar surface area (TPSA) is 56.2 Å². The number of hydrogen-bond acceptors (Lipinski definition) is 3. The van der Waals surface area contributed by atoms with E-state index in [2.05, 4.69) is 0 Å². The predicted molar refractivity (Wildman–Crippen MR) is 63.8 cm³/mol. The number of halogens is 1. The summed E-state index contributed by atoms with van der Waals surface area (Å²) in [5.41, 5.74) is 5.92. The van der Waals surface area contributed by atoms with Gasteiger partial charge < -0.3 is 10.2 Å². The molecule has 2 N–H and O–H groups in total. The largest absolute Gasteiger partial charge is 0.451 e. The molecule has 3 nitrogen and oxygen atoms in total. The maximum atomic E-state index is 11.7. The van der Waals surface area contributed by atoms with Crippen molar-refractivity contribution in [2.24, 2.45) is 5.73 Å². The van der Waals surface area contributed by atoms with E-state index in [9.17, 15) is 4.79 Å². The van der Waals surface area contributed by atoms with Crippen LogP contribution in [-0.2, 0) is 0 Å². The molecular weight excluding hydrogens is 226 g/mol. The maximum Gasteiger partial charge on any atom is 0.198 e. The van der Waals surface area contributed by atoms with Crippen molar-refractivity contribution in [3.8, 4) is 0 Å². The third-order valence-corrected chi connectivity index (χ3v) is 2.68. The first-order chi connectivity index (χ1) is 7.72. The van der Waals surface area contributed by atoms with Crippen LogP contribution in [-0.4, -0.2) is 12.3 Å². The molecule has 0 atom stereocenters. The highest BCUT2D eigenvalue weighted by atomic mass is 35.5. The van der Waals surface area contributed by atoms with E-state index in [1.165, 1.54) is 0 Å². The Hall–Kier alpha value is -1.32. The molecule has 1 aromatic carbocycles. The average Bonchev–Trinajstić information content (AvgIpc) is 2.71. The molecule has 0 spiro atoms. The van der Waals surface area contributed by atoms with Crippen molar-refractivity contribution in [1.82, 2.24) is 0 Å². The van der Waals surface area contributed by atoms with Gasteiger partial charge in [0.2, 0.25) is 0 Å². The molecule has 0 unspecified atom stereocenters. The van der Waals surface area contributed by atoms with Crippen LogP contribution in [0.5, 0.6) is 0 Å². The number of benzene rings is 1. The fraction of sp³-hybridized carbons (Fsp3) is 0.250. The van der Waals surface area contributed by atoms with Crippen molar-refractivity contribution in [2.45, 2.75) is 12.8 Å². The molecular formula is C12H12ClNO2. The first kappa shape index (κ1) is 11.2. The van der Waals surface area contributed by atoms with E-state index in [1.54, 1.807) is 12.1 Å². The van der Waals surface area contributed by atoms with E-state index in [0.29, 0.717) is 35.8 Å². The van der Waals surface area contributed by atoms with Gasteiger partial charge in [-0.1, -0.05) is 23.7 Å². The number of fused-ring (bicyclic) bond motifs is 1. The summed E-state index contributed by atoms with van der Waals surface area (Å²) in [6.45, 7) is 0.507. The molecule has 0 bridgehead atoms. The molecule has 1 heterocycles. The highest BCUT2D eigenvalue weighted by molar-refractivity contribution is 6.34. The molecule has 0 aliphatic rings. The summed E-state index contributed by atoms with van der Waals surface area (Å²) >= 11 is 5.95. The van der Waals surface area contributed by atoms with Crippen LogP contribution in [0.25, 0.3) is 11.0 Å². The number of Topliss-reactive ketones (excluding diaryl/α,β-unsaturated/α-hetero) is 1. The number of nitrogens with two attached hydrogens (primary N) is 1. The number of rotatable bonds is 4. The van der Waals surface area contributed by atoms with E-state index >= 15 is 0 Å². The summed E-state index contributed by atoms with van der Waals surface area (Å²) in [5.74, 6) is 0.328. The zero-order valence-electron chi connectivity index (χ0n) is 8.70. The third kappa shape index (κ3) is 2.10. The van der Waals surface area contributed by atoms with Crippen LogP contribution in [0.3, 0.4) is 0 Å². The van der Waals surface area contributed by atoms with Crippen molar-refractivity contribution < 1.29 is 9.21 Å². The zero-order chi connectivity index (χ0) is 11.5. The Kier molecular flexibility index (Phi) is 3.27. The average molecular weight is 238 g/mol. The van der Waals surface area contributed by atoms with E-state index < -0.39 is 0 Å². The Labute approximate surface area is 98.2 Å². The molecule has 0 aliphatic carbocycles. The molecule has 0 saturated carbocycles. The third-order valence-electron chi connectivity index (χ3n) is 2.38. The molecule has 0 saturated heterocycles. The molecule has 2 rings (SSSR count). The maximum absolute atomic E-state index is 11.7. The minimum Gasteiger partial charge on any atom is -0.451 e. The number of carbonyl (C=O) groups is 1. The van der Waals surface area contributed by atoms with Gasteiger partial charge in [0, 0.05) is 11.8 Å². The van der Waals surface area contributed by atoms with Gasteiger partial charge in [-0.15, -0.1) is 0 Å². The molecule has 0 amide bonds. The molecule has 84 valence electrons. The van der Waals surface area contributed by atoms with Gasteiger partial charge in [0.1, 0.15) is 0 Å². The molecule has 0 aliphatic heterocycles. The second kappa shape index (κ2) is 4.68. The Bertz CT molecular complexity index is 519. The van der Waals surface area contributed by atoms with Gasteiger partial charge in [0.15, 0.2) is 17.1 Å². The van der Waals surface area contributed by atoms with Crippen molar-refractivity contribution in [2.75, 3.05) is 6.54 Å². The van der Waals surface area contributed by atoms with E-state index in [-0.39, 0.29) is 5.78 Å². The van der Waals surface area contributed by atoms with Crippen molar-refractivity contribution in [1.29, 1.82) is 0 Å². The molecule has 0 radical (unpaired) electrons. The van der Waals surface area contributed by atoms with Gasteiger partial charge in [0.05, 0.1) is 5.02 Å². The Morgan fingerprint density at radius 1 is 1.44 bits per heavy atom. The predicted octanol–water partition coefficient (Wildman–Crippen LogP) is 3.01. The SMILES string of the molecule is NCCCC(=O)c1cc2cccc(Cl)c2o1. The van der Waals surface area contributed by atoms with Crippen LogP contribution in [0.2, 0.25) is 5.02 Å². The van der Waals surface area contributed by atoms with E-state index in [4.69, 9.17) is 21.8 Å². The lowest BCUT2D eigenvalue weighted by molar-refractivity contribution is 0.0956. The second-order valence-corrected chi connectivity index (χ2v) is 3.99. The van der Waals surface area contributed by atoms with E-state index in [0.717, 1.165) is 5.39 Å². The van der Waals surface area contributed by atoms with Crippen LogP contribution in [0.15, 0.2) is 28.7 Å². The second-order valence-electron chi connectivity index (χ2n) is 3.58. The molecule has 1 aromatic heterocycles. The van der Waals surface area contributed by atoms with Crippen LogP contribution in [0.4, 0.5) is 0 Å². The normalized spacial score (nSPS) is 10.9.